The number of thiazole rings is 1. The quantitative estimate of drug-likeness (QED) is 0.737. The minimum atomic E-state index is 0.805. The molecule has 1 aliphatic heterocycles. The third-order valence-corrected chi connectivity index (χ3v) is 4.60. The second kappa shape index (κ2) is 3.99. The van der Waals surface area contributed by atoms with Crippen molar-refractivity contribution in [1.29, 1.82) is 0 Å². The van der Waals surface area contributed by atoms with Crippen LogP contribution < -0.4 is 0 Å². The summed E-state index contributed by atoms with van der Waals surface area (Å²) in [5, 5.41) is 0.970. The maximum atomic E-state index is 4.71. The van der Waals surface area contributed by atoms with Gasteiger partial charge in [0, 0.05) is 18.7 Å². The average molecular weight is 268 g/mol. The number of benzene rings is 1. The largest absolute Gasteiger partial charge is 0.348 e. The van der Waals surface area contributed by atoms with Gasteiger partial charge in [-0.05, 0) is 18.6 Å². The van der Waals surface area contributed by atoms with Crippen LogP contribution in [0.5, 0.6) is 0 Å². The molecule has 0 radical (unpaired) electrons. The predicted octanol–water partition coefficient (Wildman–Crippen LogP) is 2.72. The summed E-state index contributed by atoms with van der Waals surface area (Å²) in [4.78, 5) is 16.9. The fourth-order valence-electron chi connectivity index (χ4n) is 2.43. The Hall–Kier alpha value is -2.01. The molecule has 3 heterocycles. The first-order valence-electron chi connectivity index (χ1n) is 6.26. The van der Waals surface area contributed by atoms with E-state index in [-0.39, 0.29) is 0 Å². The van der Waals surface area contributed by atoms with Crippen LogP contribution in [0.3, 0.4) is 0 Å². The van der Waals surface area contributed by atoms with E-state index in [1.165, 1.54) is 16.0 Å². The number of nitrogens with zero attached hydrogens (tertiary/aromatic N) is 3. The first-order valence-corrected chi connectivity index (χ1v) is 7.08. The van der Waals surface area contributed by atoms with Gasteiger partial charge in [-0.1, -0.05) is 12.1 Å². The molecule has 1 aliphatic rings. The molecule has 0 atom stereocenters. The van der Waals surface area contributed by atoms with Crippen molar-refractivity contribution in [3.8, 4) is 0 Å². The van der Waals surface area contributed by atoms with Crippen molar-refractivity contribution >= 4 is 27.3 Å². The second-order valence-electron chi connectivity index (χ2n) is 4.65. The van der Waals surface area contributed by atoms with Crippen molar-refractivity contribution in [3.63, 3.8) is 0 Å². The minimum absolute atomic E-state index is 0.805. The fourth-order valence-corrected chi connectivity index (χ4v) is 3.47. The summed E-state index contributed by atoms with van der Waals surface area (Å²) < 4.78 is 1.24. The Morgan fingerprint density at radius 2 is 2.26 bits per heavy atom. The molecule has 0 amide bonds. The molecule has 0 saturated heterocycles. The van der Waals surface area contributed by atoms with Gasteiger partial charge in [0.25, 0.3) is 0 Å². The lowest BCUT2D eigenvalue weighted by molar-refractivity contribution is 0.911. The summed E-state index contributed by atoms with van der Waals surface area (Å²) in [5.74, 6) is 0. The zero-order valence-electron chi connectivity index (χ0n) is 10.5. The summed E-state index contributed by atoms with van der Waals surface area (Å²) >= 11 is 1.70. The lowest BCUT2D eigenvalue weighted by Crippen LogP contribution is -2.13. The molecule has 0 spiro atoms. The van der Waals surface area contributed by atoms with Crippen LogP contribution >= 0.6 is 11.3 Å². The molecule has 94 valence electrons. The van der Waals surface area contributed by atoms with Crippen molar-refractivity contribution in [2.75, 3.05) is 6.54 Å². The van der Waals surface area contributed by atoms with Gasteiger partial charge in [-0.15, -0.1) is 11.3 Å². The van der Waals surface area contributed by atoms with E-state index in [4.69, 9.17) is 4.98 Å². The van der Waals surface area contributed by atoms with Gasteiger partial charge in [-0.25, -0.2) is 9.97 Å². The summed E-state index contributed by atoms with van der Waals surface area (Å²) in [6, 6.07) is 6.22. The van der Waals surface area contributed by atoms with Crippen LogP contribution in [0.1, 0.15) is 22.0 Å². The molecule has 0 saturated carbocycles. The number of rotatable bonds is 1. The molecule has 0 aliphatic carbocycles. The maximum Gasteiger partial charge on any atom is 0.144 e. The number of aryl methyl sites for hydroxylation is 1. The minimum Gasteiger partial charge on any atom is -0.348 e. The van der Waals surface area contributed by atoms with Crippen LogP contribution in [0, 0.1) is 6.92 Å². The number of hydrogen-bond acceptors (Lipinski definition) is 4. The highest BCUT2D eigenvalue weighted by molar-refractivity contribution is 7.20. The van der Waals surface area contributed by atoms with E-state index in [1.54, 1.807) is 17.7 Å². The van der Waals surface area contributed by atoms with Gasteiger partial charge in [0.2, 0.25) is 0 Å². The van der Waals surface area contributed by atoms with E-state index < -0.39 is 0 Å². The Bertz CT molecular complexity index is 797. The number of hydrogen-bond donors (Lipinski definition) is 1. The second-order valence-corrected chi connectivity index (χ2v) is 5.65. The number of aromatic amines is 1. The molecule has 0 bridgehead atoms. The van der Waals surface area contributed by atoms with Gasteiger partial charge in [0.1, 0.15) is 16.4 Å². The predicted molar refractivity (Wildman–Crippen MR) is 77.2 cm³/mol. The van der Waals surface area contributed by atoms with Crippen LogP contribution in [0.15, 0.2) is 29.5 Å². The van der Waals surface area contributed by atoms with E-state index in [9.17, 15) is 0 Å². The first-order chi connectivity index (χ1) is 9.33. The highest BCUT2D eigenvalue weighted by Crippen LogP contribution is 2.28. The Kier molecular flexibility index (Phi) is 2.29. The molecular formula is C14H12N4S. The normalized spacial score (nSPS) is 14.5. The highest BCUT2D eigenvalue weighted by atomic mass is 32.1. The third kappa shape index (κ3) is 1.62. The zero-order chi connectivity index (χ0) is 12.8. The van der Waals surface area contributed by atoms with Crippen molar-refractivity contribution in [3.05, 3.63) is 46.5 Å². The lowest BCUT2D eigenvalue weighted by Gasteiger charge is -2.08. The Balaban J connectivity index is 1.92. The van der Waals surface area contributed by atoms with E-state index in [2.05, 4.69) is 34.0 Å². The van der Waals surface area contributed by atoms with Crippen molar-refractivity contribution in [1.82, 2.24) is 15.0 Å². The van der Waals surface area contributed by atoms with Gasteiger partial charge in [-0.3, -0.25) is 4.99 Å². The fraction of sp³-hybridized carbons (Fsp3) is 0.214. The lowest BCUT2D eigenvalue weighted by atomic mass is 10.1. The first kappa shape index (κ1) is 10.9. The molecule has 1 N–H and O–H groups in total. The Labute approximate surface area is 114 Å². The van der Waals surface area contributed by atoms with Crippen molar-refractivity contribution < 1.29 is 0 Å². The number of nitrogens with one attached hydrogen (secondary N) is 1. The highest BCUT2D eigenvalue weighted by Gasteiger charge is 2.21. The monoisotopic (exact) mass is 268 g/mol. The molecule has 4 rings (SSSR count). The maximum absolute atomic E-state index is 4.71. The molecule has 19 heavy (non-hydrogen) atoms. The Morgan fingerprint density at radius 1 is 1.32 bits per heavy atom. The molecule has 0 fully saturated rings. The molecule has 0 unspecified atom stereocenters. The van der Waals surface area contributed by atoms with Gasteiger partial charge in [0.15, 0.2) is 0 Å². The molecule has 5 heteroatoms. The van der Waals surface area contributed by atoms with E-state index in [0.717, 1.165) is 34.9 Å². The van der Waals surface area contributed by atoms with Gasteiger partial charge in [-0.2, -0.15) is 0 Å². The van der Waals surface area contributed by atoms with Crippen LogP contribution in [-0.4, -0.2) is 27.2 Å². The summed E-state index contributed by atoms with van der Waals surface area (Å²) in [6.45, 7) is 2.92. The molecular weight excluding hydrogens is 256 g/mol. The molecule has 2 aromatic heterocycles. The number of fused-ring (bicyclic) bond motifs is 2. The van der Waals surface area contributed by atoms with Crippen LogP contribution in [0.4, 0.5) is 0 Å². The standard InChI is InChI=1S/C14H12N4S/c1-8-3-2-4-10-13(8)19-14(18-10)12-11-9(5-6-15-12)16-7-17-11/h2-4,7H,5-6H2,1H3,(H,16,17). The van der Waals surface area contributed by atoms with E-state index >= 15 is 0 Å². The van der Waals surface area contributed by atoms with Gasteiger partial charge >= 0.3 is 0 Å². The third-order valence-electron chi connectivity index (χ3n) is 3.39. The summed E-state index contributed by atoms with van der Waals surface area (Å²) in [6.07, 6.45) is 2.67. The van der Waals surface area contributed by atoms with Crippen LogP contribution in [-0.2, 0) is 6.42 Å². The molecule has 1 aromatic carbocycles. The number of aliphatic imine (C=N–C) groups is 1. The number of imidazole rings is 1. The number of H-pyrrole nitrogens is 1. The smallest absolute Gasteiger partial charge is 0.144 e. The van der Waals surface area contributed by atoms with E-state index in [1.807, 2.05) is 6.07 Å². The van der Waals surface area contributed by atoms with Crippen LogP contribution in [0.25, 0.3) is 10.2 Å². The molecule has 3 aromatic rings. The summed E-state index contributed by atoms with van der Waals surface area (Å²) in [7, 11) is 0. The Morgan fingerprint density at radius 3 is 3.16 bits per heavy atom. The SMILES string of the molecule is Cc1cccc2nc(C3=NCCc4[nH]cnc43)sc12. The van der Waals surface area contributed by atoms with Gasteiger partial charge < -0.3 is 4.98 Å². The number of aromatic nitrogens is 3. The van der Waals surface area contributed by atoms with Crippen LogP contribution in [0.2, 0.25) is 0 Å². The van der Waals surface area contributed by atoms with Crippen molar-refractivity contribution in [2.24, 2.45) is 4.99 Å². The topological polar surface area (TPSA) is 53.9 Å². The molecule has 4 nitrogen and oxygen atoms in total. The van der Waals surface area contributed by atoms with Crippen molar-refractivity contribution in [2.45, 2.75) is 13.3 Å². The summed E-state index contributed by atoms with van der Waals surface area (Å²) in [5.41, 5.74) is 5.37. The average Bonchev–Trinajstić information content (AvgIpc) is 3.05. The van der Waals surface area contributed by atoms with Gasteiger partial charge in [0.05, 0.1) is 16.5 Å². The zero-order valence-corrected chi connectivity index (χ0v) is 11.3. The van der Waals surface area contributed by atoms with E-state index in [0.29, 0.717) is 0 Å².